The number of carboxylic acid groups (broad SMARTS) is 1. The van der Waals surface area contributed by atoms with Crippen LogP contribution in [0, 0.1) is 0 Å². The summed E-state index contributed by atoms with van der Waals surface area (Å²) >= 11 is 0. The minimum Gasteiger partial charge on any atom is -0.478 e. The minimum absolute atomic E-state index is 0.0479. The highest BCUT2D eigenvalue weighted by Gasteiger charge is 2.18. The fourth-order valence-corrected chi connectivity index (χ4v) is 3.09. The number of hydrogen-bond acceptors (Lipinski definition) is 4. The van der Waals surface area contributed by atoms with Crippen LogP contribution in [0.2, 0.25) is 0 Å². The Bertz CT molecular complexity index is 692. The molecule has 2 aromatic carbocycles. The van der Waals surface area contributed by atoms with Gasteiger partial charge in [-0.3, -0.25) is 9.74 Å². The second-order valence-electron chi connectivity index (χ2n) is 6.32. The van der Waals surface area contributed by atoms with Crippen LogP contribution < -0.4 is 5.48 Å². The first-order chi connectivity index (χ1) is 12.7. The van der Waals surface area contributed by atoms with Gasteiger partial charge in [0.05, 0.1) is 12.6 Å². The van der Waals surface area contributed by atoms with Crippen LogP contribution in [0.4, 0.5) is 0 Å². The van der Waals surface area contributed by atoms with Crippen molar-refractivity contribution in [3.05, 3.63) is 83.4 Å². The average molecular weight is 352 g/mol. The van der Waals surface area contributed by atoms with Gasteiger partial charge in [-0.25, -0.2) is 4.79 Å². The lowest BCUT2D eigenvalue weighted by Crippen LogP contribution is -2.36. The van der Waals surface area contributed by atoms with Crippen LogP contribution in [-0.4, -0.2) is 42.2 Å². The van der Waals surface area contributed by atoms with Gasteiger partial charge in [-0.15, -0.1) is 0 Å². The van der Waals surface area contributed by atoms with Gasteiger partial charge in [-0.05, 0) is 17.5 Å². The number of hydrogen-bond donors (Lipinski definition) is 2. The molecule has 0 spiro atoms. The van der Waals surface area contributed by atoms with E-state index in [0.29, 0.717) is 25.3 Å². The molecule has 2 N–H and O–H groups in total. The van der Waals surface area contributed by atoms with Crippen molar-refractivity contribution in [1.29, 1.82) is 0 Å². The number of benzene rings is 2. The first-order valence-electron chi connectivity index (χ1n) is 8.86. The molecule has 5 nitrogen and oxygen atoms in total. The summed E-state index contributed by atoms with van der Waals surface area (Å²) in [6, 6.07) is 20.3. The van der Waals surface area contributed by atoms with Crippen LogP contribution in [0.25, 0.3) is 0 Å². The zero-order valence-corrected chi connectivity index (χ0v) is 14.7. The number of carboxylic acids is 1. The van der Waals surface area contributed by atoms with Crippen molar-refractivity contribution in [2.45, 2.75) is 12.5 Å². The number of aliphatic carboxylic acids is 1. The van der Waals surface area contributed by atoms with Crippen LogP contribution in [0.5, 0.6) is 0 Å². The largest absolute Gasteiger partial charge is 0.478 e. The monoisotopic (exact) mass is 352 g/mol. The summed E-state index contributed by atoms with van der Waals surface area (Å²) in [5.74, 6) is -0.832. The Kier molecular flexibility index (Phi) is 6.55. The maximum absolute atomic E-state index is 11.1. The van der Waals surface area contributed by atoms with Gasteiger partial charge in [0.2, 0.25) is 0 Å². The molecule has 1 aliphatic rings. The first kappa shape index (κ1) is 18.3. The van der Waals surface area contributed by atoms with Crippen molar-refractivity contribution in [2.75, 3.05) is 26.2 Å². The van der Waals surface area contributed by atoms with Gasteiger partial charge in [-0.2, -0.15) is 5.48 Å². The summed E-state index contributed by atoms with van der Waals surface area (Å²) in [4.78, 5) is 18.9. The van der Waals surface area contributed by atoms with E-state index >= 15 is 0 Å². The highest BCUT2D eigenvalue weighted by Crippen LogP contribution is 2.21. The maximum Gasteiger partial charge on any atom is 0.332 e. The molecular formula is C21H24N2O3. The fourth-order valence-electron chi connectivity index (χ4n) is 3.09. The number of hydroxylamine groups is 1. The van der Waals surface area contributed by atoms with E-state index in [0.717, 1.165) is 24.1 Å². The third kappa shape index (κ3) is 5.02. The summed E-state index contributed by atoms with van der Waals surface area (Å²) in [7, 11) is 0. The lowest BCUT2D eigenvalue weighted by Gasteiger charge is -2.26. The molecule has 3 rings (SSSR count). The van der Waals surface area contributed by atoms with Crippen molar-refractivity contribution < 1.29 is 14.7 Å². The lowest BCUT2D eigenvalue weighted by molar-refractivity contribution is -0.133. The average Bonchev–Trinajstić information content (AvgIpc) is 2.69. The van der Waals surface area contributed by atoms with E-state index in [4.69, 9.17) is 9.94 Å². The zero-order valence-electron chi connectivity index (χ0n) is 14.7. The van der Waals surface area contributed by atoms with E-state index in [9.17, 15) is 4.79 Å². The summed E-state index contributed by atoms with van der Waals surface area (Å²) in [6.07, 6.45) is 2.57. The molecule has 0 atom stereocenters. The highest BCUT2D eigenvalue weighted by molar-refractivity contribution is 5.87. The van der Waals surface area contributed by atoms with Crippen molar-refractivity contribution in [3.8, 4) is 0 Å². The van der Waals surface area contributed by atoms with Gasteiger partial charge in [0.15, 0.2) is 0 Å². The van der Waals surface area contributed by atoms with Crippen molar-refractivity contribution >= 4 is 5.97 Å². The summed E-state index contributed by atoms with van der Waals surface area (Å²) in [6.45, 7) is 2.51. The highest BCUT2D eigenvalue weighted by atomic mass is 16.6. The Hall–Kier alpha value is -2.47. The standard InChI is InChI=1S/C21H24N2O3/c24-21(25)19-12-7-13-23(16-19)14-15-26-22-20(17-8-3-1-4-9-17)18-10-5-2-6-11-18/h1-6,8-12,20,22H,7,13-16H2,(H,24,25). The molecule has 0 aliphatic carbocycles. The van der Waals surface area contributed by atoms with Gasteiger partial charge >= 0.3 is 5.97 Å². The Morgan fingerprint density at radius 3 is 2.27 bits per heavy atom. The van der Waals surface area contributed by atoms with E-state index < -0.39 is 5.97 Å². The van der Waals surface area contributed by atoms with Crippen molar-refractivity contribution in [3.63, 3.8) is 0 Å². The van der Waals surface area contributed by atoms with Crippen LogP contribution in [0.1, 0.15) is 23.6 Å². The van der Waals surface area contributed by atoms with Gasteiger partial charge in [0, 0.05) is 25.2 Å². The molecule has 0 radical (unpaired) electrons. The predicted molar refractivity (Wildman–Crippen MR) is 101 cm³/mol. The predicted octanol–water partition coefficient (Wildman–Crippen LogP) is 3.01. The molecule has 2 aromatic rings. The molecule has 136 valence electrons. The Morgan fingerprint density at radius 2 is 1.69 bits per heavy atom. The van der Waals surface area contributed by atoms with E-state index in [2.05, 4.69) is 34.6 Å². The first-order valence-corrected chi connectivity index (χ1v) is 8.86. The zero-order chi connectivity index (χ0) is 18.2. The molecule has 1 aliphatic heterocycles. The van der Waals surface area contributed by atoms with Crippen LogP contribution in [0.15, 0.2) is 72.3 Å². The Balaban J connectivity index is 1.54. The number of nitrogens with zero attached hydrogens (tertiary/aromatic N) is 1. The summed E-state index contributed by atoms with van der Waals surface area (Å²) < 4.78 is 0. The molecule has 5 heteroatoms. The van der Waals surface area contributed by atoms with Crippen LogP contribution >= 0.6 is 0 Å². The van der Waals surface area contributed by atoms with Gasteiger partial charge in [0.25, 0.3) is 0 Å². The molecular weight excluding hydrogens is 328 g/mol. The fraction of sp³-hybridized carbons (Fsp3) is 0.286. The molecule has 1 heterocycles. The maximum atomic E-state index is 11.1. The number of carbonyl (C=O) groups is 1. The number of rotatable bonds is 8. The molecule has 0 fully saturated rings. The Labute approximate surface area is 153 Å². The summed E-state index contributed by atoms with van der Waals surface area (Å²) in [5, 5.41) is 9.11. The quantitative estimate of drug-likeness (QED) is 0.565. The van der Waals surface area contributed by atoms with E-state index in [1.54, 1.807) is 6.08 Å². The third-order valence-corrected chi connectivity index (χ3v) is 4.48. The normalized spacial score (nSPS) is 15.0. The second-order valence-corrected chi connectivity index (χ2v) is 6.32. The molecule has 26 heavy (non-hydrogen) atoms. The SMILES string of the molecule is O=C(O)C1=CCCN(CCONC(c2ccccc2)c2ccccc2)C1. The lowest BCUT2D eigenvalue weighted by atomic mass is 10.00. The van der Waals surface area contributed by atoms with Gasteiger partial charge in [0.1, 0.15) is 0 Å². The third-order valence-electron chi connectivity index (χ3n) is 4.48. The second kappa shape index (κ2) is 9.29. The van der Waals surface area contributed by atoms with E-state index in [-0.39, 0.29) is 6.04 Å². The topological polar surface area (TPSA) is 61.8 Å². The molecule has 0 amide bonds. The van der Waals surface area contributed by atoms with E-state index in [1.807, 2.05) is 36.4 Å². The summed E-state index contributed by atoms with van der Waals surface area (Å²) in [5.41, 5.74) is 5.90. The molecule has 0 bridgehead atoms. The smallest absolute Gasteiger partial charge is 0.332 e. The van der Waals surface area contributed by atoms with Gasteiger partial charge in [-0.1, -0.05) is 66.7 Å². The van der Waals surface area contributed by atoms with E-state index in [1.165, 1.54) is 0 Å². The minimum atomic E-state index is -0.832. The Morgan fingerprint density at radius 1 is 1.08 bits per heavy atom. The molecule has 0 saturated carbocycles. The molecule has 0 saturated heterocycles. The number of nitrogens with one attached hydrogen (secondary N) is 1. The molecule has 0 aromatic heterocycles. The van der Waals surface area contributed by atoms with Crippen molar-refractivity contribution in [1.82, 2.24) is 10.4 Å². The van der Waals surface area contributed by atoms with Gasteiger partial charge < -0.3 is 5.11 Å². The van der Waals surface area contributed by atoms with Crippen LogP contribution in [-0.2, 0) is 9.63 Å². The van der Waals surface area contributed by atoms with Crippen molar-refractivity contribution in [2.24, 2.45) is 0 Å². The van der Waals surface area contributed by atoms with Crippen LogP contribution in [0.3, 0.4) is 0 Å². The molecule has 0 unspecified atom stereocenters.